The topological polar surface area (TPSA) is 92.3 Å². The van der Waals surface area contributed by atoms with E-state index in [4.69, 9.17) is 0 Å². The lowest BCUT2D eigenvalue weighted by Crippen LogP contribution is -2.50. The zero-order valence-electron chi connectivity index (χ0n) is 18.1. The minimum Gasteiger partial charge on any atom is -0.325 e. The Labute approximate surface area is 214 Å². The van der Waals surface area contributed by atoms with Crippen molar-refractivity contribution in [1.82, 2.24) is 19.6 Å². The predicted molar refractivity (Wildman–Crippen MR) is 131 cm³/mol. The zero-order valence-corrected chi connectivity index (χ0v) is 21.1. The minimum absolute atomic E-state index is 0.168. The van der Waals surface area contributed by atoms with E-state index in [0.717, 1.165) is 12.1 Å². The largest absolute Gasteiger partial charge is 0.417 e. The number of carbonyl (C=O) groups excluding carboxylic acids is 1. The van der Waals surface area contributed by atoms with Crippen LogP contribution in [0, 0.1) is 0 Å². The Morgan fingerprint density at radius 2 is 1.83 bits per heavy atom. The maximum Gasteiger partial charge on any atom is 0.417 e. The molecule has 0 aliphatic carbocycles. The van der Waals surface area contributed by atoms with Gasteiger partial charge in [-0.15, -0.1) is 0 Å². The third-order valence-electron chi connectivity index (χ3n) is 5.58. The van der Waals surface area contributed by atoms with Crippen molar-refractivity contribution >= 4 is 38.5 Å². The van der Waals surface area contributed by atoms with E-state index in [-0.39, 0.29) is 40.6 Å². The van der Waals surface area contributed by atoms with Gasteiger partial charge in [0.15, 0.2) is 0 Å². The van der Waals surface area contributed by atoms with Gasteiger partial charge >= 0.3 is 6.18 Å². The number of hydrogen-bond donors (Lipinski definition) is 1. The number of alkyl halides is 4. The number of nitrogens with zero attached hydrogens (tertiary/aromatic N) is 3. The summed E-state index contributed by atoms with van der Waals surface area (Å²) in [6.07, 6.45) is -0.201. The molecular weight excluding hydrogens is 596 g/mol. The van der Waals surface area contributed by atoms with Crippen molar-refractivity contribution in [2.45, 2.75) is 34.0 Å². The highest BCUT2D eigenvalue weighted by Gasteiger charge is 2.39. The number of aromatic nitrogens is 2. The summed E-state index contributed by atoms with van der Waals surface area (Å²) >= 11 is 2.01. The van der Waals surface area contributed by atoms with E-state index in [9.17, 15) is 26.4 Å². The number of rotatable bonds is 5. The molecule has 12 heteroatoms. The van der Waals surface area contributed by atoms with Crippen LogP contribution in [-0.2, 0) is 16.2 Å². The molecule has 1 N–H and O–H groups in total. The van der Waals surface area contributed by atoms with Gasteiger partial charge in [-0.25, -0.2) is 18.1 Å². The van der Waals surface area contributed by atoms with E-state index in [2.05, 4.69) is 14.7 Å². The second kappa shape index (κ2) is 10.2. The first-order valence-corrected chi connectivity index (χ1v) is 13.3. The second-order valence-electron chi connectivity index (χ2n) is 7.94. The first-order chi connectivity index (χ1) is 16.6. The number of amides is 1. The fraction of sp³-hybridized carbons (Fsp3) is 0.261. The third-order valence-corrected chi connectivity index (χ3v) is 8.34. The Morgan fingerprint density at radius 1 is 1.09 bits per heavy atom. The van der Waals surface area contributed by atoms with Crippen molar-refractivity contribution in [2.75, 3.05) is 6.54 Å². The van der Waals surface area contributed by atoms with Crippen LogP contribution in [0.4, 0.5) is 13.2 Å². The Morgan fingerprint density at radius 3 is 2.46 bits per heavy atom. The van der Waals surface area contributed by atoms with Crippen molar-refractivity contribution < 1.29 is 26.4 Å². The van der Waals surface area contributed by atoms with Crippen LogP contribution in [-0.4, -0.2) is 45.8 Å². The van der Waals surface area contributed by atoms with Crippen LogP contribution < -0.4 is 4.72 Å². The van der Waals surface area contributed by atoms with Crippen LogP contribution in [0.1, 0.15) is 28.9 Å². The van der Waals surface area contributed by atoms with Gasteiger partial charge in [-0.05, 0) is 36.1 Å². The third kappa shape index (κ3) is 5.81. The average Bonchev–Trinajstić information content (AvgIpc) is 2.84. The Bertz CT molecular complexity index is 1310. The van der Waals surface area contributed by atoms with Crippen molar-refractivity contribution in [3.63, 3.8) is 0 Å². The number of hydrogen-bond acceptors (Lipinski definition) is 5. The number of piperidine rings is 1. The highest BCUT2D eigenvalue weighted by atomic mass is 127. The second-order valence-corrected chi connectivity index (χ2v) is 11.1. The number of sulfonamides is 1. The molecule has 184 valence electrons. The smallest absolute Gasteiger partial charge is 0.325 e. The summed E-state index contributed by atoms with van der Waals surface area (Å²) in [5, 5.41) is 0. The molecule has 1 aromatic heterocycles. The van der Waals surface area contributed by atoms with E-state index in [1.165, 1.54) is 24.7 Å². The first kappa shape index (κ1) is 25.5. The lowest BCUT2D eigenvalue weighted by molar-refractivity contribution is -0.139. The molecule has 3 aromatic rings. The summed E-state index contributed by atoms with van der Waals surface area (Å²) in [7, 11) is -4.49. The fourth-order valence-corrected chi connectivity index (χ4v) is 6.52. The van der Waals surface area contributed by atoms with Gasteiger partial charge in [0.25, 0.3) is 5.91 Å². The number of carbonyl (C=O) groups is 1. The molecule has 0 saturated carbocycles. The maximum atomic E-state index is 13.9. The van der Waals surface area contributed by atoms with Crippen LogP contribution in [0.3, 0.4) is 0 Å². The summed E-state index contributed by atoms with van der Waals surface area (Å²) in [5.74, 6) is -0.338. The summed E-state index contributed by atoms with van der Waals surface area (Å²) < 4.78 is 69.7. The Balaban J connectivity index is 1.54. The highest BCUT2D eigenvalue weighted by molar-refractivity contribution is 14.1. The van der Waals surface area contributed by atoms with E-state index in [0.29, 0.717) is 5.56 Å². The van der Waals surface area contributed by atoms with Crippen LogP contribution in [0.25, 0.3) is 11.1 Å². The molecule has 1 fully saturated rings. The van der Waals surface area contributed by atoms with Crippen molar-refractivity contribution in [3.05, 3.63) is 78.4 Å². The molecule has 0 bridgehead atoms. The summed E-state index contributed by atoms with van der Waals surface area (Å²) in [6, 6.07) is 11.0. The van der Waals surface area contributed by atoms with Gasteiger partial charge in [-0.2, -0.15) is 13.2 Å². The fourth-order valence-electron chi connectivity index (χ4n) is 3.89. The molecule has 1 saturated heterocycles. The molecule has 4 rings (SSSR count). The van der Waals surface area contributed by atoms with Gasteiger partial charge in [0, 0.05) is 25.0 Å². The van der Waals surface area contributed by atoms with Crippen molar-refractivity contribution in [3.8, 4) is 11.1 Å². The zero-order chi connectivity index (χ0) is 25.2. The molecule has 0 spiro atoms. The SMILES string of the molecule is O=C(c1cnccn1)N1CCC(NS(=O)(=O)c2ccc(-c3ccccc3)cc2C(F)(F)F)CC1I. The van der Waals surface area contributed by atoms with Gasteiger partial charge < -0.3 is 4.90 Å². The number of nitrogens with one attached hydrogen (secondary N) is 1. The van der Waals surface area contributed by atoms with Crippen LogP contribution in [0.5, 0.6) is 0 Å². The van der Waals surface area contributed by atoms with Gasteiger partial charge in [0.2, 0.25) is 10.0 Å². The molecule has 2 heterocycles. The summed E-state index contributed by atoms with van der Waals surface area (Å²) in [4.78, 5) is 21.3. The molecule has 1 amide bonds. The van der Waals surface area contributed by atoms with Gasteiger partial charge in [-0.1, -0.05) is 59.0 Å². The summed E-state index contributed by atoms with van der Waals surface area (Å²) in [5.41, 5.74) is -0.253. The standard InChI is InChI=1S/C23H20F3IN4O3S/c24-23(25,26)18-12-16(15-4-2-1-3-5-15)6-7-20(18)35(33,34)30-17-8-11-31(21(27)13-17)22(32)19-14-28-9-10-29-19/h1-7,9-10,12,14,17,21,30H,8,11,13H2. The van der Waals surface area contributed by atoms with Gasteiger partial charge in [0.05, 0.1) is 20.7 Å². The van der Waals surface area contributed by atoms with Crippen molar-refractivity contribution in [1.29, 1.82) is 0 Å². The van der Waals surface area contributed by atoms with Crippen LogP contribution in [0.15, 0.2) is 72.0 Å². The molecule has 0 radical (unpaired) electrons. The molecule has 2 atom stereocenters. The Hall–Kier alpha value is -2.58. The van der Waals surface area contributed by atoms with E-state index in [1.807, 2.05) is 22.6 Å². The molecule has 2 aromatic carbocycles. The average molecular weight is 616 g/mol. The number of benzene rings is 2. The monoisotopic (exact) mass is 616 g/mol. The maximum absolute atomic E-state index is 13.9. The normalized spacial score (nSPS) is 18.9. The van der Waals surface area contributed by atoms with E-state index in [1.54, 1.807) is 35.2 Å². The molecule has 1 aliphatic rings. The highest BCUT2D eigenvalue weighted by Crippen LogP contribution is 2.37. The van der Waals surface area contributed by atoms with Crippen LogP contribution in [0.2, 0.25) is 0 Å². The predicted octanol–water partition coefficient (Wildman–Crippen LogP) is 4.51. The lowest BCUT2D eigenvalue weighted by Gasteiger charge is -2.36. The number of likely N-dealkylation sites (tertiary alicyclic amines) is 1. The molecule has 7 nitrogen and oxygen atoms in total. The van der Waals surface area contributed by atoms with Gasteiger partial charge in [0.1, 0.15) is 5.69 Å². The molecule has 1 aliphatic heterocycles. The number of halogens is 4. The molecule has 2 unspecified atom stereocenters. The Kier molecular flexibility index (Phi) is 7.43. The van der Waals surface area contributed by atoms with E-state index >= 15 is 0 Å². The van der Waals surface area contributed by atoms with Crippen molar-refractivity contribution in [2.24, 2.45) is 0 Å². The molecular formula is C23H20F3IN4O3S. The van der Waals surface area contributed by atoms with Crippen LogP contribution >= 0.6 is 22.6 Å². The summed E-state index contributed by atoms with van der Waals surface area (Å²) in [6.45, 7) is 0.218. The first-order valence-electron chi connectivity index (χ1n) is 10.6. The van der Waals surface area contributed by atoms with E-state index < -0.39 is 32.7 Å². The lowest BCUT2D eigenvalue weighted by atomic mass is 10.0. The quantitative estimate of drug-likeness (QED) is 0.259. The molecule has 35 heavy (non-hydrogen) atoms. The van der Waals surface area contributed by atoms with Gasteiger partial charge in [-0.3, -0.25) is 9.78 Å². The minimum atomic E-state index is -4.87.